The predicted molar refractivity (Wildman–Crippen MR) is 102 cm³/mol. The van der Waals surface area contributed by atoms with Crippen molar-refractivity contribution in [1.82, 2.24) is 4.98 Å². The number of nitrogens with zero attached hydrogens (tertiary/aromatic N) is 3. The van der Waals surface area contributed by atoms with Crippen molar-refractivity contribution in [1.29, 1.82) is 10.5 Å². The van der Waals surface area contributed by atoms with Crippen LogP contribution in [0.3, 0.4) is 0 Å². The van der Waals surface area contributed by atoms with Gasteiger partial charge in [-0.25, -0.2) is 4.98 Å². The number of nitrogen functional groups attached to an aromatic ring is 1. The molecule has 0 radical (unpaired) electrons. The molecule has 2 N–H and O–H groups in total. The fourth-order valence-corrected chi connectivity index (χ4v) is 4.14. The number of rotatable bonds is 4. The number of benzene rings is 1. The third kappa shape index (κ3) is 3.51. The predicted octanol–water partition coefficient (Wildman–Crippen LogP) is 4.74. The van der Waals surface area contributed by atoms with Gasteiger partial charge in [0.1, 0.15) is 28.5 Å². The van der Waals surface area contributed by atoms with E-state index in [9.17, 15) is 10.5 Å². The molecule has 3 aromatic rings. The highest BCUT2D eigenvalue weighted by Crippen LogP contribution is 2.38. The Balaban J connectivity index is 2.04. The van der Waals surface area contributed by atoms with Crippen LogP contribution < -0.4 is 5.73 Å². The summed E-state index contributed by atoms with van der Waals surface area (Å²) in [5, 5.41) is 21.6. The Hall–Kier alpha value is -2.80. The van der Waals surface area contributed by atoms with Gasteiger partial charge >= 0.3 is 0 Å². The van der Waals surface area contributed by atoms with E-state index in [-0.39, 0.29) is 11.4 Å². The van der Waals surface area contributed by atoms with Crippen LogP contribution in [-0.2, 0) is 5.75 Å². The van der Waals surface area contributed by atoms with Crippen molar-refractivity contribution in [3.63, 3.8) is 0 Å². The summed E-state index contributed by atoms with van der Waals surface area (Å²) in [7, 11) is 0. The molecule has 0 amide bonds. The maximum Gasteiger partial charge on any atom is 0.143 e. The van der Waals surface area contributed by atoms with Gasteiger partial charge in [0.25, 0.3) is 0 Å². The molecule has 3 rings (SSSR count). The van der Waals surface area contributed by atoms with Gasteiger partial charge in [0, 0.05) is 16.2 Å². The van der Waals surface area contributed by atoms with Crippen molar-refractivity contribution in [3.05, 3.63) is 64.0 Å². The number of hydrogen-bond acceptors (Lipinski definition) is 6. The van der Waals surface area contributed by atoms with E-state index in [2.05, 4.69) is 41.4 Å². The lowest BCUT2D eigenvalue weighted by atomic mass is 10.0. The molecule has 2 aromatic heterocycles. The molecule has 0 aliphatic heterocycles. The molecule has 0 aliphatic carbocycles. The summed E-state index contributed by atoms with van der Waals surface area (Å²) in [6.07, 6.45) is 0. The number of hydrogen-bond donors (Lipinski definition) is 1. The van der Waals surface area contributed by atoms with E-state index in [0.717, 1.165) is 10.4 Å². The van der Waals surface area contributed by atoms with Crippen LogP contribution in [0.5, 0.6) is 0 Å². The van der Waals surface area contributed by atoms with Crippen LogP contribution in [0.1, 0.15) is 22.3 Å². The molecular formula is C19H14N4S2. The Labute approximate surface area is 154 Å². The molecule has 4 nitrogen and oxygen atoms in total. The molecule has 0 bridgehead atoms. The highest BCUT2D eigenvalue weighted by Gasteiger charge is 2.21. The zero-order valence-corrected chi connectivity index (χ0v) is 15.1. The monoisotopic (exact) mass is 362 g/mol. The molecule has 2 heterocycles. The fraction of sp³-hybridized carbons (Fsp3) is 0.105. The zero-order valence-electron chi connectivity index (χ0n) is 13.5. The number of aromatic nitrogens is 1. The third-order valence-corrected chi connectivity index (χ3v) is 5.61. The fourth-order valence-electron chi connectivity index (χ4n) is 2.41. The average molecular weight is 362 g/mol. The van der Waals surface area contributed by atoms with Gasteiger partial charge in [0.15, 0.2) is 0 Å². The van der Waals surface area contributed by atoms with Crippen molar-refractivity contribution in [3.8, 4) is 22.6 Å². The largest absolute Gasteiger partial charge is 0.383 e. The number of thioether (sulfide) groups is 1. The molecule has 122 valence electrons. The minimum absolute atomic E-state index is 0.163. The molecule has 0 atom stereocenters. The van der Waals surface area contributed by atoms with E-state index < -0.39 is 0 Å². The molecule has 0 fully saturated rings. The first-order chi connectivity index (χ1) is 12.1. The number of thiophene rings is 1. The lowest BCUT2D eigenvalue weighted by Gasteiger charge is -2.11. The van der Waals surface area contributed by atoms with Crippen LogP contribution in [-0.4, -0.2) is 4.98 Å². The molecule has 25 heavy (non-hydrogen) atoms. The van der Waals surface area contributed by atoms with E-state index >= 15 is 0 Å². The smallest absolute Gasteiger partial charge is 0.143 e. The van der Waals surface area contributed by atoms with Crippen LogP contribution in [0.4, 0.5) is 5.82 Å². The summed E-state index contributed by atoms with van der Waals surface area (Å²) in [5.41, 5.74) is 9.59. The highest BCUT2D eigenvalue weighted by molar-refractivity contribution is 7.98. The van der Waals surface area contributed by atoms with Gasteiger partial charge in [-0.1, -0.05) is 35.9 Å². The van der Waals surface area contributed by atoms with Crippen molar-refractivity contribution in [2.24, 2.45) is 0 Å². The minimum atomic E-state index is 0.163. The van der Waals surface area contributed by atoms with Gasteiger partial charge in [-0.3, -0.25) is 0 Å². The highest BCUT2D eigenvalue weighted by atomic mass is 32.2. The normalized spacial score (nSPS) is 10.2. The standard InChI is InChI=1S/C19H14N4S2/c1-12-4-6-13(7-5-12)11-25-19-15(10-21)17(16-3-2-8-24-16)14(9-20)18(22)23-19/h2-8H,11H2,1H3,(H2,22,23). The first-order valence-electron chi connectivity index (χ1n) is 7.50. The first kappa shape index (κ1) is 17.0. The summed E-state index contributed by atoms with van der Waals surface area (Å²) in [6, 6.07) is 16.3. The second-order valence-corrected chi connectivity index (χ2v) is 7.31. The SMILES string of the molecule is Cc1ccc(CSc2nc(N)c(C#N)c(-c3cccs3)c2C#N)cc1. The van der Waals surface area contributed by atoms with Gasteiger partial charge in [-0.05, 0) is 23.9 Å². The third-order valence-electron chi connectivity index (χ3n) is 3.68. The zero-order chi connectivity index (χ0) is 17.8. The topological polar surface area (TPSA) is 86.5 Å². The first-order valence-corrected chi connectivity index (χ1v) is 9.36. The van der Waals surface area contributed by atoms with E-state index in [4.69, 9.17) is 5.73 Å². The Morgan fingerprint density at radius 3 is 2.44 bits per heavy atom. The number of anilines is 1. The maximum absolute atomic E-state index is 9.69. The molecule has 0 saturated heterocycles. The van der Waals surface area contributed by atoms with Crippen LogP contribution in [0.15, 0.2) is 46.8 Å². The second-order valence-electron chi connectivity index (χ2n) is 5.40. The summed E-state index contributed by atoms with van der Waals surface area (Å²) in [5.74, 6) is 0.841. The van der Waals surface area contributed by atoms with Crippen molar-refractivity contribution < 1.29 is 0 Å². The Morgan fingerprint density at radius 2 is 1.84 bits per heavy atom. The summed E-state index contributed by atoms with van der Waals surface area (Å²) in [4.78, 5) is 5.16. The molecule has 0 aliphatic rings. The van der Waals surface area contributed by atoms with E-state index in [1.165, 1.54) is 28.7 Å². The molecule has 0 unspecified atom stereocenters. The van der Waals surface area contributed by atoms with Gasteiger partial charge in [-0.2, -0.15) is 10.5 Å². The van der Waals surface area contributed by atoms with Crippen molar-refractivity contribution >= 4 is 28.9 Å². The van der Waals surface area contributed by atoms with Gasteiger partial charge in [0.05, 0.1) is 5.56 Å². The Bertz CT molecular complexity index is 978. The van der Waals surface area contributed by atoms with E-state index in [1.807, 2.05) is 24.4 Å². The van der Waals surface area contributed by atoms with Gasteiger partial charge in [0.2, 0.25) is 0 Å². The molecule has 0 spiro atoms. The molecule has 6 heteroatoms. The van der Waals surface area contributed by atoms with Crippen molar-refractivity contribution in [2.45, 2.75) is 17.7 Å². The maximum atomic E-state index is 9.69. The molecular weight excluding hydrogens is 348 g/mol. The van der Waals surface area contributed by atoms with Crippen molar-refractivity contribution in [2.75, 3.05) is 5.73 Å². The van der Waals surface area contributed by atoms with Crippen LogP contribution >= 0.6 is 23.1 Å². The van der Waals surface area contributed by atoms with Crippen LogP contribution in [0.2, 0.25) is 0 Å². The van der Waals surface area contributed by atoms with Crippen LogP contribution in [0, 0.1) is 29.6 Å². The summed E-state index contributed by atoms with van der Waals surface area (Å²) >= 11 is 2.93. The second kappa shape index (κ2) is 7.40. The van der Waals surface area contributed by atoms with E-state index in [0.29, 0.717) is 21.9 Å². The summed E-state index contributed by atoms with van der Waals surface area (Å²) in [6.45, 7) is 2.04. The minimum Gasteiger partial charge on any atom is -0.383 e. The number of aryl methyl sites for hydroxylation is 1. The van der Waals surface area contributed by atoms with Gasteiger partial charge < -0.3 is 5.73 Å². The Morgan fingerprint density at radius 1 is 1.12 bits per heavy atom. The van der Waals surface area contributed by atoms with E-state index in [1.54, 1.807) is 0 Å². The average Bonchev–Trinajstić information content (AvgIpc) is 3.14. The number of pyridine rings is 1. The molecule has 1 aromatic carbocycles. The number of nitriles is 2. The quantitative estimate of drug-likeness (QED) is 0.678. The molecule has 0 saturated carbocycles. The number of nitrogens with two attached hydrogens (primary N) is 1. The lowest BCUT2D eigenvalue weighted by Crippen LogP contribution is -2.02. The van der Waals surface area contributed by atoms with Gasteiger partial charge in [-0.15, -0.1) is 23.1 Å². The van der Waals surface area contributed by atoms with Crippen LogP contribution in [0.25, 0.3) is 10.4 Å². The Kier molecular flexibility index (Phi) is 5.04. The summed E-state index contributed by atoms with van der Waals surface area (Å²) < 4.78 is 0. The lowest BCUT2D eigenvalue weighted by molar-refractivity contribution is 1.11.